The first kappa shape index (κ1) is 16.8. The Morgan fingerprint density at radius 1 is 1.33 bits per heavy atom. The van der Waals surface area contributed by atoms with Crippen molar-refractivity contribution >= 4 is 11.7 Å². The van der Waals surface area contributed by atoms with Gasteiger partial charge in [0.1, 0.15) is 17.1 Å². The number of ether oxygens (including phenoxy) is 2. The number of fused-ring (bicyclic) bond motifs is 1. The Hall–Kier alpha value is -2.04. The molecule has 1 spiro atoms. The molecule has 1 aromatic carbocycles. The molecule has 5 nitrogen and oxygen atoms in total. The van der Waals surface area contributed by atoms with E-state index >= 15 is 0 Å². The molecule has 0 N–H and O–H groups in total. The first-order chi connectivity index (χ1) is 11.6. The fraction of sp³-hybridized carbons (Fsp3) is 0.579. The number of carbonyl (C=O) groups excluding carboxylic acids is 2. The molecular formula is C19H25NO4. The highest BCUT2D eigenvalue weighted by Gasteiger charge is 2.43. The average Bonchev–Trinajstić information content (AvgIpc) is 2.60. The van der Waals surface area contributed by atoms with Crippen LogP contribution in [-0.4, -0.2) is 42.4 Å². The van der Waals surface area contributed by atoms with Gasteiger partial charge in [0.05, 0.1) is 19.1 Å². The quantitative estimate of drug-likeness (QED) is 0.850. The van der Waals surface area contributed by atoms with Crippen molar-refractivity contribution in [2.45, 2.75) is 51.0 Å². The number of carbonyl (C=O) groups is 2. The predicted octanol–water partition coefficient (Wildman–Crippen LogP) is 3.21. The number of rotatable bonds is 4. The maximum Gasteiger partial charge on any atom is 0.222 e. The van der Waals surface area contributed by atoms with Crippen molar-refractivity contribution in [1.82, 2.24) is 4.90 Å². The summed E-state index contributed by atoms with van der Waals surface area (Å²) < 4.78 is 11.4. The van der Waals surface area contributed by atoms with Crippen LogP contribution in [0.25, 0.3) is 0 Å². The summed E-state index contributed by atoms with van der Waals surface area (Å²) >= 11 is 0. The number of nitrogens with zero attached hydrogens (tertiary/aromatic N) is 1. The largest absolute Gasteiger partial charge is 0.497 e. The van der Waals surface area contributed by atoms with Crippen LogP contribution >= 0.6 is 0 Å². The fourth-order valence-corrected chi connectivity index (χ4v) is 3.53. The molecule has 2 heterocycles. The molecule has 130 valence electrons. The van der Waals surface area contributed by atoms with E-state index < -0.39 is 5.60 Å². The third-order valence-corrected chi connectivity index (χ3v) is 5.07. The molecule has 2 aliphatic heterocycles. The maximum atomic E-state index is 12.6. The van der Waals surface area contributed by atoms with E-state index in [1.54, 1.807) is 13.2 Å². The van der Waals surface area contributed by atoms with Crippen LogP contribution in [-0.2, 0) is 4.79 Å². The van der Waals surface area contributed by atoms with E-state index in [1.807, 2.05) is 17.0 Å². The number of Topliss-reactive ketones (excluding diaryl/α,β-unsaturated/α-hetero) is 1. The summed E-state index contributed by atoms with van der Waals surface area (Å²) in [6, 6.07) is 5.37. The van der Waals surface area contributed by atoms with Gasteiger partial charge in [-0.1, -0.05) is 13.3 Å². The van der Waals surface area contributed by atoms with Crippen molar-refractivity contribution in [1.29, 1.82) is 0 Å². The van der Waals surface area contributed by atoms with E-state index in [2.05, 4.69) is 6.92 Å². The SMILES string of the molecule is CCCCC(=O)N1CCC2(CC1)CC(=O)c1cc(OC)ccc1O2. The topological polar surface area (TPSA) is 55.8 Å². The molecule has 5 heteroatoms. The molecule has 3 rings (SSSR count). The van der Waals surface area contributed by atoms with Crippen LogP contribution in [0.3, 0.4) is 0 Å². The molecular weight excluding hydrogens is 306 g/mol. The first-order valence-electron chi connectivity index (χ1n) is 8.75. The number of piperidine rings is 1. The van der Waals surface area contributed by atoms with Crippen LogP contribution in [0.4, 0.5) is 0 Å². The Morgan fingerprint density at radius 2 is 2.08 bits per heavy atom. The Balaban J connectivity index is 1.68. The lowest BCUT2D eigenvalue weighted by Gasteiger charge is -2.44. The van der Waals surface area contributed by atoms with E-state index in [9.17, 15) is 9.59 Å². The Bertz CT molecular complexity index is 632. The van der Waals surface area contributed by atoms with Crippen LogP contribution in [0.15, 0.2) is 18.2 Å². The van der Waals surface area contributed by atoms with Crippen LogP contribution in [0.1, 0.15) is 55.8 Å². The average molecular weight is 331 g/mol. The number of hydrogen-bond donors (Lipinski definition) is 0. The van der Waals surface area contributed by atoms with Crippen LogP contribution in [0.2, 0.25) is 0 Å². The standard InChI is InChI=1S/C19H25NO4/c1-3-4-5-18(22)20-10-8-19(9-11-20)13-16(21)15-12-14(23-2)6-7-17(15)24-19/h6-7,12H,3-5,8-11,13H2,1-2H3. The lowest BCUT2D eigenvalue weighted by atomic mass is 9.82. The molecule has 2 aliphatic rings. The Kier molecular flexibility index (Phi) is 4.78. The van der Waals surface area contributed by atoms with Crippen LogP contribution < -0.4 is 9.47 Å². The number of likely N-dealkylation sites (tertiary alicyclic amines) is 1. The van der Waals surface area contributed by atoms with Gasteiger partial charge >= 0.3 is 0 Å². The molecule has 0 atom stereocenters. The Labute approximate surface area is 142 Å². The number of methoxy groups -OCH3 is 1. The number of unbranched alkanes of at least 4 members (excludes halogenated alkanes) is 1. The number of benzene rings is 1. The summed E-state index contributed by atoms with van der Waals surface area (Å²) in [6.45, 7) is 3.43. The van der Waals surface area contributed by atoms with Crippen LogP contribution in [0.5, 0.6) is 11.5 Å². The van der Waals surface area contributed by atoms with Crippen molar-refractivity contribution in [3.8, 4) is 11.5 Å². The summed E-state index contributed by atoms with van der Waals surface area (Å²) in [4.78, 5) is 26.6. The zero-order chi connectivity index (χ0) is 17.2. The molecule has 24 heavy (non-hydrogen) atoms. The normalized spacial score (nSPS) is 18.9. The fourth-order valence-electron chi connectivity index (χ4n) is 3.53. The molecule has 1 fully saturated rings. The van der Waals surface area contributed by atoms with E-state index in [-0.39, 0.29) is 11.7 Å². The van der Waals surface area contributed by atoms with Crippen molar-refractivity contribution in [2.24, 2.45) is 0 Å². The van der Waals surface area contributed by atoms with Gasteiger partial charge in [-0.15, -0.1) is 0 Å². The summed E-state index contributed by atoms with van der Waals surface area (Å²) in [5.41, 5.74) is 0.140. The highest BCUT2D eigenvalue weighted by molar-refractivity contribution is 6.00. The van der Waals surface area contributed by atoms with Crippen molar-refractivity contribution in [3.05, 3.63) is 23.8 Å². The van der Waals surface area contributed by atoms with Crippen molar-refractivity contribution in [2.75, 3.05) is 20.2 Å². The maximum absolute atomic E-state index is 12.6. The van der Waals surface area contributed by atoms with Crippen molar-refractivity contribution in [3.63, 3.8) is 0 Å². The van der Waals surface area contributed by atoms with E-state index in [1.165, 1.54) is 0 Å². The summed E-state index contributed by atoms with van der Waals surface area (Å²) in [5, 5.41) is 0. The predicted molar refractivity (Wildman–Crippen MR) is 90.6 cm³/mol. The molecule has 0 saturated carbocycles. The highest BCUT2D eigenvalue weighted by Crippen LogP contribution is 2.40. The van der Waals surface area contributed by atoms with Gasteiger partial charge in [-0.25, -0.2) is 0 Å². The minimum atomic E-state index is -0.458. The van der Waals surface area contributed by atoms with Gasteiger partial charge < -0.3 is 14.4 Å². The monoisotopic (exact) mass is 331 g/mol. The van der Waals surface area contributed by atoms with E-state index in [4.69, 9.17) is 9.47 Å². The van der Waals surface area contributed by atoms with Crippen molar-refractivity contribution < 1.29 is 19.1 Å². The number of amides is 1. The minimum absolute atomic E-state index is 0.0981. The summed E-state index contributed by atoms with van der Waals surface area (Å²) in [7, 11) is 1.59. The number of ketones is 1. The van der Waals surface area contributed by atoms with E-state index in [0.717, 1.165) is 12.8 Å². The van der Waals surface area contributed by atoms with Gasteiger partial charge in [0.15, 0.2) is 5.78 Å². The van der Waals surface area contributed by atoms with Crippen LogP contribution in [0, 0.1) is 0 Å². The molecule has 0 unspecified atom stereocenters. The molecule has 1 amide bonds. The van der Waals surface area contributed by atoms with Gasteiger partial charge in [0.2, 0.25) is 5.91 Å². The number of hydrogen-bond acceptors (Lipinski definition) is 4. The van der Waals surface area contributed by atoms with Gasteiger partial charge in [-0.05, 0) is 24.6 Å². The summed E-state index contributed by atoms with van der Waals surface area (Å²) in [5.74, 6) is 1.62. The second-order valence-corrected chi connectivity index (χ2v) is 6.73. The minimum Gasteiger partial charge on any atom is -0.497 e. The summed E-state index contributed by atoms with van der Waals surface area (Å²) in [6.07, 6.45) is 4.38. The lowest BCUT2D eigenvalue weighted by molar-refractivity contribution is -0.134. The van der Waals surface area contributed by atoms with E-state index in [0.29, 0.717) is 55.8 Å². The van der Waals surface area contributed by atoms with Gasteiger partial charge in [0.25, 0.3) is 0 Å². The molecule has 1 aromatic rings. The molecule has 0 aromatic heterocycles. The lowest BCUT2D eigenvalue weighted by Crippen LogP contribution is -2.52. The van der Waals surface area contributed by atoms with Gasteiger partial charge in [0, 0.05) is 32.4 Å². The zero-order valence-corrected chi connectivity index (χ0v) is 14.5. The zero-order valence-electron chi connectivity index (χ0n) is 14.5. The highest BCUT2D eigenvalue weighted by atomic mass is 16.5. The smallest absolute Gasteiger partial charge is 0.222 e. The second-order valence-electron chi connectivity index (χ2n) is 6.73. The third-order valence-electron chi connectivity index (χ3n) is 5.07. The van der Waals surface area contributed by atoms with Gasteiger partial charge in [-0.3, -0.25) is 9.59 Å². The third kappa shape index (κ3) is 3.25. The molecule has 1 saturated heterocycles. The Morgan fingerprint density at radius 3 is 2.75 bits per heavy atom. The second kappa shape index (κ2) is 6.83. The van der Waals surface area contributed by atoms with Gasteiger partial charge in [-0.2, -0.15) is 0 Å². The molecule has 0 bridgehead atoms. The first-order valence-corrected chi connectivity index (χ1v) is 8.75. The molecule has 0 aliphatic carbocycles. The molecule has 0 radical (unpaired) electrons.